The Kier molecular flexibility index (Phi) is 6.28. The lowest BCUT2D eigenvalue weighted by Crippen LogP contribution is -2.29. The number of anilines is 1. The van der Waals surface area contributed by atoms with E-state index >= 15 is 0 Å². The van der Waals surface area contributed by atoms with Crippen molar-refractivity contribution in [3.63, 3.8) is 0 Å². The van der Waals surface area contributed by atoms with Gasteiger partial charge in [-0.3, -0.25) is 14.4 Å². The maximum Gasteiger partial charge on any atom is 0.272 e. The van der Waals surface area contributed by atoms with Gasteiger partial charge in [-0.15, -0.1) is 11.3 Å². The van der Waals surface area contributed by atoms with E-state index in [-0.39, 0.29) is 11.8 Å². The molecule has 0 saturated heterocycles. The van der Waals surface area contributed by atoms with Crippen LogP contribution >= 0.6 is 34.7 Å². The lowest BCUT2D eigenvalue weighted by atomic mass is 10.1. The number of fused-ring (bicyclic) bond motifs is 2. The number of imide groups is 1. The summed E-state index contributed by atoms with van der Waals surface area (Å²) in [5, 5.41) is 4.85. The number of halogens is 1. The van der Waals surface area contributed by atoms with E-state index in [1.807, 2.05) is 0 Å². The van der Waals surface area contributed by atoms with Crippen LogP contribution in [-0.2, 0) is 0 Å². The van der Waals surface area contributed by atoms with Gasteiger partial charge in [0.15, 0.2) is 9.43 Å². The lowest BCUT2D eigenvalue weighted by Gasteiger charge is -2.13. The number of hydrogen-bond acceptors (Lipinski definition) is 8. The highest BCUT2D eigenvalue weighted by atomic mass is 35.5. The van der Waals surface area contributed by atoms with Crippen molar-refractivity contribution in [2.24, 2.45) is 5.10 Å². The van der Waals surface area contributed by atoms with E-state index in [2.05, 4.69) is 15.5 Å². The average Bonchev–Trinajstić information content (AvgIpc) is 3.60. The van der Waals surface area contributed by atoms with E-state index in [1.54, 1.807) is 78.9 Å². The minimum Gasteiger partial charge on any atom is -0.448 e. The number of carbonyl (C=O) groups is 3. The molecule has 0 atom stereocenters. The molecule has 0 bridgehead atoms. The van der Waals surface area contributed by atoms with Gasteiger partial charge >= 0.3 is 0 Å². The summed E-state index contributed by atoms with van der Waals surface area (Å²) < 4.78 is 7.33. The molecule has 1 N–H and O–H groups in total. The molecule has 186 valence electrons. The van der Waals surface area contributed by atoms with Gasteiger partial charge in [0.2, 0.25) is 0 Å². The third-order valence-corrected chi connectivity index (χ3v) is 8.00. The molecule has 8 nitrogen and oxygen atoms in total. The predicted molar refractivity (Wildman–Crippen MR) is 147 cm³/mol. The van der Waals surface area contributed by atoms with Gasteiger partial charge < -0.3 is 4.42 Å². The van der Waals surface area contributed by atoms with Crippen molar-refractivity contribution >= 4 is 74.5 Å². The van der Waals surface area contributed by atoms with Crippen molar-refractivity contribution in [1.82, 2.24) is 10.4 Å². The van der Waals surface area contributed by atoms with Crippen molar-refractivity contribution in [3.8, 4) is 0 Å². The molecule has 0 aliphatic carbocycles. The minimum absolute atomic E-state index is 0.323. The molecule has 3 aromatic carbocycles. The molecule has 6 rings (SSSR count). The van der Waals surface area contributed by atoms with Crippen molar-refractivity contribution in [2.45, 2.75) is 9.43 Å². The fraction of sp³-hybridized carbons (Fsp3) is 0. The lowest BCUT2D eigenvalue weighted by molar-refractivity contribution is 0.0922. The molecule has 5 aromatic rings. The van der Waals surface area contributed by atoms with Crippen molar-refractivity contribution < 1.29 is 18.8 Å². The van der Waals surface area contributed by atoms with Gasteiger partial charge in [0, 0.05) is 0 Å². The number of furan rings is 1. The maximum absolute atomic E-state index is 12.8. The zero-order valence-corrected chi connectivity index (χ0v) is 21.6. The Labute approximate surface area is 228 Å². The highest BCUT2D eigenvalue weighted by molar-refractivity contribution is 8.01. The van der Waals surface area contributed by atoms with E-state index in [0.29, 0.717) is 38.3 Å². The second-order valence-corrected chi connectivity index (χ2v) is 10.8. The molecule has 3 amide bonds. The van der Waals surface area contributed by atoms with Gasteiger partial charge in [-0.05, 0) is 66.4 Å². The average molecular weight is 559 g/mol. The van der Waals surface area contributed by atoms with Crippen molar-refractivity contribution in [1.29, 1.82) is 0 Å². The Bertz CT molecular complexity index is 1740. The SMILES string of the molecule is O=C(N/N=C\c1ccc(Sc2nc3ccc(N4C(=O)c5ccccc5C4=O)cc3s2)o1)c1ccccc1Cl. The summed E-state index contributed by atoms with van der Waals surface area (Å²) >= 11 is 8.78. The van der Waals surface area contributed by atoms with Crippen molar-refractivity contribution in [3.05, 3.63) is 106 Å². The minimum atomic E-state index is -0.428. The fourth-order valence-corrected chi connectivity index (χ4v) is 6.13. The number of thiazole rings is 1. The Morgan fingerprint density at radius 3 is 2.50 bits per heavy atom. The molecule has 0 saturated carbocycles. The summed E-state index contributed by atoms with van der Waals surface area (Å²) in [7, 11) is 0. The molecule has 11 heteroatoms. The van der Waals surface area contributed by atoms with Crippen molar-refractivity contribution in [2.75, 3.05) is 4.90 Å². The normalized spacial score (nSPS) is 13.0. The van der Waals surface area contributed by atoms with E-state index < -0.39 is 5.91 Å². The Morgan fingerprint density at radius 1 is 1.00 bits per heavy atom. The number of nitrogens with zero attached hydrogens (tertiary/aromatic N) is 3. The van der Waals surface area contributed by atoms with E-state index in [4.69, 9.17) is 16.0 Å². The number of hydrogen-bond donors (Lipinski definition) is 1. The first-order valence-corrected chi connectivity index (χ1v) is 13.2. The standard InChI is InChI=1S/C27H15ClN4O4S2/c28-20-8-4-3-7-19(20)24(33)31-29-14-16-10-12-23(36-16)38-27-30-21-11-9-15(13-22(21)37-27)32-25(34)17-5-1-2-6-18(17)26(32)35/h1-14H,(H,31,33)/b29-14-. The molecule has 3 heterocycles. The van der Waals surface area contributed by atoms with Gasteiger partial charge in [-0.2, -0.15) is 5.10 Å². The molecular weight excluding hydrogens is 544 g/mol. The summed E-state index contributed by atoms with van der Waals surface area (Å²) in [6.45, 7) is 0. The molecule has 38 heavy (non-hydrogen) atoms. The van der Waals surface area contributed by atoms with Crippen LogP contribution in [0.15, 0.2) is 97.8 Å². The predicted octanol–water partition coefficient (Wildman–Crippen LogP) is 6.26. The van der Waals surface area contributed by atoms with Crippen LogP contribution in [0.25, 0.3) is 10.2 Å². The molecule has 0 fully saturated rings. The zero-order valence-electron chi connectivity index (χ0n) is 19.3. The highest BCUT2D eigenvalue weighted by Crippen LogP contribution is 2.37. The van der Waals surface area contributed by atoms with Crippen LogP contribution in [0.5, 0.6) is 0 Å². The third kappa shape index (κ3) is 4.49. The van der Waals surface area contributed by atoms with Gasteiger partial charge in [0.1, 0.15) is 5.76 Å². The Hall–Kier alpha value is -4.25. The molecule has 0 unspecified atom stereocenters. The first-order chi connectivity index (χ1) is 18.5. The van der Waals surface area contributed by atoms with Gasteiger partial charge in [-0.1, -0.05) is 35.9 Å². The first-order valence-electron chi connectivity index (χ1n) is 11.2. The van der Waals surface area contributed by atoms with E-state index in [9.17, 15) is 14.4 Å². The van der Waals surface area contributed by atoms with Crippen LogP contribution in [0.3, 0.4) is 0 Å². The van der Waals surface area contributed by atoms with Gasteiger partial charge in [0.05, 0.1) is 43.8 Å². The Morgan fingerprint density at radius 2 is 1.74 bits per heavy atom. The highest BCUT2D eigenvalue weighted by Gasteiger charge is 2.36. The second kappa shape index (κ2) is 9.90. The zero-order chi connectivity index (χ0) is 26.2. The number of carbonyl (C=O) groups excluding carboxylic acids is 3. The fourth-order valence-electron chi connectivity index (χ4n) is 3.90. The Balaban J connectivity index is 1.14. The molecule has 0 spiro atoms. The first kappa shape index (κ1) is 24.1. The quantitative estimate of drug-likeness (QED) is 0.150. The summed E-state index contributed by atoms with van der Waals surface area (Å²) in [4.78, 5) is 43.7. The molecule has 1 aliphatic heterocycles. The second-order valence-electron chi connectivity index (χ2n) is 8.06. The molecule has 0 radical (unpaired) electrons. The maximum atomic E-state index is 12.8. The molecule has 2 aromatic heterocycles. The summed E-state index contributed by atoms with van der Waals surface area (Å²) in [5.41, 5.74) is 4.79. The third-order valence-electron chi connectivity index (χ3n) is 5.67. The molecular formula is C27H15ClN4O4S2. The number of hydrazone groups is 1. The summed E-state index contributed by atoms with van der Waals surface area (Å²) in [5.74, 6) is -0.655. The van der Waals surface area contributed by atoms with Gasteiger partial charge in [-0.25, -0.2) is 15.3 Å². The monoisotopic (exact) mass is 558 g/mol. The molecule has 1 aliphatic rings. The number of rotatable bonds is 6. The number of benzene rings is 3. The van der Waals surface area contributed by atoms with Crippen LogP contribution in [0.1, 0.15) is 36.8 Å². The smallest absolute Gasteiger partial charge is 0.272 e. The topological polar surface area (TPSA) is 105 Å². The van der Waals surface area contributed by atoms with Crippen LogP contribution in [0.4, 0.5) is 5.69 Å². The number of amides is 3. The van der Waals surface area contributed by atoms with E-state index in [0.717, 1.165) is 14.6 Å². The summed E-state index contributed by atoms with van der Waals surface area (Å²) in [6.07, 6.45) is 1.39. The largest absolute Gasteiger partial charge is 0.448 e. The van der Waals surface area contributed by atoms with Crippen LogP contribution < -0.4 is 10.3 Å². The summed E-state index contributed by atoms with van der Waals surface area (Å²) in [6, 6.07) is 22.3. The number of nitrogens with one attached hydrogen (secondary N) is 1. The van der Waals surface area contributed by atoms with E-state index in [1.165, 1.54) is 34.2 Å². The van der Waals surface area contributed by atoms with Crippen LogP contribution in [0, 0.1) is 0 Å². The van der Waals surface area contributed by atoms with Crippen LogP contribution in [-0.4, -0.2) is 28.9 Å². The van der Waals surface area contributed by atoms with Crippen LogP contribution in [0.2, 0.25) is 5.02 Å². The van der Waals surface area contributed by atoms with Gasteiger partial charge in [0.25, 0.3) is 17.7 Å². The number of aromatic nitrogens is 1.